The van der Waals surface area contributed by atoms with Crippen LogP contribution in [0, 0.1) is 6.61 Å². The van der Waals surface area contributed by atoms with Crippen LogP contribution in [0.25, 0.3) is 0 Å². The lowest BCUT2D eigenvalue weighted by Gasteiger charge is -2.48. The summed E-state index contributed by atoms with van der Waals surface area (Å²) in [6.07, 6.45) is -7.77. The summed E-state index contributed by atoms with van der Waals surface area (Å²) < 4.78 is 60.0. The summed E-state index contributed by atoms with van der Waals surface area (Å²) >= 11 is 0. The third kappa shape index (κ3) is 13.2. The van der Waals surface area contributed by atoms with Crippen molar-refractivity contribution >= 4 is 0 Å². The fourth-order valence-corrected chi connectivity index (χ4v) is 7.82. The molecule has 6 aromatic rings. The summed E-state index contributed by atoms with van der Waals surface area (Å²) in [4.78, 5) is 0. The Morgan fingerprint density at radius 3 is 1.17 bits per heavy atom. The van der Waals surface area contributed by atoms with Crippen LogP contribution in [-0.2, 0) is 82.3 Å². The van der Waals surface area contributed by atoms with Crippen molar-refractivity contribution in [3.05, 3.63) is 222 Å². The Balaban J connectivity index is 1.12. The Morgan fingerprint density at radius 2 is 0.734 bits per heavy atom. The van der Waals surface area contributed by atoms with E-state index in [4.69, 9.17) is 42.6 Å². The Labute approximate surface area is 376 Å². The topological polar surface area (TPSA) is 103 Å². The quantitative estimate of drug-likeness (QED) is 0.0713. The largest absolute Gasteiger partial charge is 0.387 e. The van der Waals surface area contributed by atoms with Gasteiger partial charge in [0, 0.05) is 0 Å². The molecule has 64 heavy (non-hydrogen) atoms. The molecule has 1 N–H and O–H groups in total. The molecule has 8 rings (SSSR count). The zero-order valence-electron chi connectivity index (χ0n) is 35.9. The van der Waals surface area contributed by atoms with Crippen molar-refractivity contribution in [1.82, 2.24) is 0 Å². The number of benzene rings is 6. The van der Waals surface area contributed by atoms with Gasteiger partial charge < -0.3 is 47.7 Å². The van der Waals surface area contributed by atoms with E-state index >= 15 is 0 Å². The molecule has 0 spiro atoms. The Morgan fingerprint density at radius 1 is 0.375 bits per heavy atom. The molecule has 0 aliphatic carbocycles. The molecule has 9 atom stereocenters. The number of hydrogen-bond donors (Lipinski definition) is 1. The molecule has 0 amide bonds. The summed E-state index contributed by atoms with van der Waals surface area (Å²) in [5.74, 6) is 0. The Bertz CT molecular complexity index is 2170. The van der Waals surface area contributed by atoms with Crippen LogP contribution in [0.5, 0.6) is 0 Å². The Kier molecular flexibility index (Phi) is 17.3. The van der Waals surface area contributed by atoms with Gasteiger partial charge in [-0.05, 0) is 33.4 Å². The normalized spacial score (nSPS) is 24.6. The second-order valence-electron chi connectivity index (χ2n) is 16.0. The van der Waals surface area contributed by atoms with Gasteiger partial charge in [0.25, 0.3) is 0 Å². The van der Waals surface area contributed by atoms with Gasteiger partial charge >= 0.3 is 0 Å². The minimum atomic E-state index is -1.15. The lowest BCUT2D eigenvalue weighted by atomic mass is 9.96. The van der Waals surface area contributed by atoms with E-state index in [0.717, 1.165) is 33.4 Å². The van der Waals surface area contributed by atoms with E-state index in [0.29, 0.717) is 19.8 Å². The maximum absolute atomic E-state index is 12.2. The first-order valence-corrected chi connectivity index (χ1v) is 22.0. The smallest absolute Gasteiger partial charge is 0.187 e. The molecule has 2 saturated heterocycles. The van der Waals surface area contributed by atoms with E-state index in [1.807, 2.05) is 182 Å². The highest BCUT2D eigenvalue weighted by atomic mass is 16.7. The van der Waals surface area contributed by atoms with E-state index in [-0.39, 0.29) is 33.0 Å². The van der Waals surface area contributed by atoms with E-state index in [9.17, 15) is 5.11 Å². The molecular weight excluding hydrogens is 809 g/mol. The van der Waals surface area contributed by atoms with E-state index in [1.54, 1.807) is 6.61 Å². The maximum atomic E-state index is 12.2. The molecule has 10 heteroatoms. The average Bonchev–Trinajstić information content (AvgIpc) is 3.35. The first-order valence-electron chi connectivity index (χ1n) is 22.0. The fraction of sp³-hybridized carbons (Fsp3) is 0.315. The van der Waals surface area contributed by atoms with Crippen molar-refractivity contribution in [2.45, 2.75) is 94.8 Å². The molecule has 0 saturated carbocycles. The molecule has 1 unspecified atom stereocenters. The predicted molar refractivity (Wildman–Crippen MR) is 241 cm³/mol. The zero-order valence-corrected chi connectivity index (χ0v) is 35.9. The maximum Gasteiger partial charge on any atom is 0.187 e. The molecule has 2 aliphatic rings. The summed E-state index contributed by atoms with van der Waals surface area (Å²) in [6.45, 7) is 3.60. The van der Waals surface area contributed by atoms with Crippen molar-refractivity contribution in [3.8, 4) is 0 Å². The van der Waals surface area contributed by atoms with Crippen LogP contribution in [0.15, 0.2) is 182 Å². The second kappa shape index (κ2) is 24.3. The van der Waals surface area contributed by atoms with E-state index in [2.05, 4.69) is 0 Å². The number of rotatable bonds is 22. The number of hydrogen-bond acceptors (Lipinski definition) is 10. The molecular formula is C54H57O10. The van der Waals surface area contributed by atoms with Gasteiger partial charge in [0.05, 0.1) is 52.9 Å². The summed E-state index contributed by atoms with van der Waals surface area (Å²) in [7, 11) is 0. The lowest BCUT2D eigenvalue weighted by molar-refractivity contribution is -0.351. The first-order chi connectivity index (χ1) is 31.7. The average molecular weight is 866 g/mol. The van der Waals surface area contributed by atoms with E-state index in [1.165, 1.54) is 0 Å². The van der Waals surface area contributed by atoms with Gasteiger partial charge in [-0.3, -0.25) is 0 Å². The first kappa shape index (κ1) is 45.5. The minimum absolute atomic E-state index is 0.0574. The van der Waals surface area contributed by atoms with Crippen molar-refractivity contribution in [1.29, 1.82) is 0 Å². The number of aliphatic hydroxyl groups is 1. The molecule has 333 valence electrons. The van der Waals surface area contributed by atoms with E-state index < -0.39 is 55.1 Å². The molecule has 0 aromatic heterocycles. The molecule has 2 fully saturated rings. The third-order valence-corrected chi connectivity index (χ3v) is 11.2. The minimum Gasteiger partial charge on any atom is -0.387 e. The summed E-state index contributed by atoms with van der Waals surface area (Å²) in [5, 5.41) is 12.2. The van der Waals surface area contributed by atoms with Gasteiger partial charge in [-0.1, -0.05) is 182 Å². The lowest BCUT2D eigenvalue weighted by Crippen LogP contribution is -2.64. The standard InChI is InChI=1S/C54H57O10/c55-49-46(37-56-31-40-19-7-1-8-20-40)63-54(53(62-36-45-29-17-6-18-30-45)52(49)61-35-44-27-15-5-16-28-44)64-51-47(38-57-32-41-21-9-2-10-22-41)59-39-48(58-33-42-23-11-3-12-24-42)50(51)60-34-43-25-13-4-14-26-43/h1-30,39,46-55H,31-38H2/t46-,47-,48+,49+,50-,51+,52+,53-,54?/m1/s1. The van der Waals surface area contributed by atoms with Crippen molar-refractivity contribution < 1.29 is 47.7 Å². The molecule has 2 heterocycles. The molecule has 1 radical (unpaired) electrons. The van der Waals surface area contributed by atoms with Crippen LogP contribution in [-0.4, -0.2) is 73.4 Å². The summed E-state index contributed by atoms with van der Waals surface area (Å²) in [6, 6.07) is 59.5. The molecule has 10 nitrogen and oxygen atoms in total. The zero-order chi connectivity index (χ0) is 43.6. The fourth-order valence-electron chi connectivity index (χ4n) is 7.82. The number of ether oxygens (including phenoxy) is 9. The van der Waals surface area contributed by atoms with Crippen LogP contribution < -0.4 is 0 Å². The molecule has 0 bridgehead atoms. The van der Waals surface area contributed by atoms with Gasteiger partial charge in [0.2, 0.25) is 0 Å². The van der Waals surface area contributed by atoms with Gasteiger partial charge in [-0.2, -0.15) is 0 Å². The van der Waals surface area contributed by atoms with Crippen molar-refractivity contribution in [3.63, 3.8) is 0 Å². The van der Waals surface area contributed by atoms with Crippen LogP contribution in [0.3, 0.4) is 0 Å². The monoisotopic (exact) mass is 865 g/mol. The Hall–Kier alpha value is -5.08. The van der Waals surface area contributed by atoms with Gasteiger partial charge in [0.15, 0.2) is 6.29 Å². The highest BCUT2D eigenvalue weighted by Gasteiger charge is 2.52. The SMILES string of the molecule is O[C@@H]1[C@H](OCc2ccccc2)[C@@H](OCc2ccccc2)C(O[C@@H]2[C@H](OCc3ccccc3)[C@@H](OCc3ccccc3)[CH]O[C@@H]2COCc2ccccc2)O[C@@H]1COCc1ccccc1. The van der Waals surface area contributed by atoms with Gasteiger partial charge in [-0.25, -0.2) is 0 Å². The number of aliphatic hydroxyl groups excluding tert-OH is 1. The van der Waals surface area contributed by atoms with Crippen molar-refractivity contribution in [2.75, 3.05) is 13.2 Å². The predicted octanol–water partition coefficient (Wildman–Crippen LogP) is 8.79. The van der Waals surface area contributed by atoms with Crippen LogP contribution >= 0.6 is 0 Å². The van der Waals surface area contributed by atoms with Crippen LogP contribution in [0.1, 0.15) is 33.4 Å². The third-order valence-electron chi connectivity index (χ3n) is 11.2. The highest BCUT2D eigenvalue weighted by molar-refractivity contribution is 5.18. The molecule has 6 aromatic carbocycles. The second-order valence-corrected chi connectivity index (χ2v) is 16.0. The van der Waals surface area contributed by atoms with Crippen LogP contribution in [0.2, 0.25) is 0 Å². The van der Waals surface area contributed by atoms with Crippen LogP contribution in [0.4, 0.5) is 0 Å². The van der Waals surface area contributed by atoms with Crippen molar-refractivity contribution in [2.24, 2.45) is 0 Å². The van der Waals surface area contributed by atoms with Gasteiger partial charge in [-0.15, -0.1) is 0 Å². The molecule has 2 aliphatic heterocycles. The van der Waals surface area contributed by atoms with Gasteiger partial charge in [0.1, 0.15) is 55.4 Å². The highest BCUT2D eigenvalue weighted by Crippen LogP contribution is 2.35. The summed E-state index contributed by atoms with van der Waals surface area (Å²) in [5.41, 5.74) is 5.88.